The number of hydrogen-bond donors (Lipinski definition) is 1. The van der Waals surface area contributed by atoms with Gasteiger partial charge in [-0.3, -0.25) is 9.88 Å². The van der Waals surface area contributed by atoms with Crippen molar-refractivity contribution in [1.29, 1.82) is 0 Å². The zero-order valence-electron chi connectivity index (χ0n) is 18.9. The molecule has 10 heteroatoms. The number of pyridine rings is 1. The van der Waals surface area contributed by atoms with Gasteiger partial charge in [-0.1, -0.05) is 23.9 Å². The van der Waals surface area contributed by atoms with Crippen molar-refractivity contribution in [1.82, 2.24) is 19.9 Å². The number of nitrogens with one attached hydrogen (secondary N) is 1. The standard InChI is InChI=1S/C23H27N5OS.3ClH/c1-17-21(16-30-23-25-19-8-4-5-9-20(19)26-23)24-11-10-22(17)28(3)13-12-27(2)15-18-7-6-14-29-18;;;/h4-11,14H,12-13,15-16H2,1-3H3,(H,25,26);3*1H. The predicted molar refractivity (Wildman–Crippen MR) is 145 cm³/mol. The molecule has 3 heterocycles. The third-order valence-corrected chi connectivity index (χ3v) is 6.11. The van der Waals surface area contributed by atoms with E-state index in [1.54, 1.807) is 18.0 Å². The van der Waals surface area contributed by atoms with Gasteiger partial charge < -0.3 is 14.3 Å². The molecule has 0 amide bonds. The number of furan rings is 1. The number of H-pyrrole nitrogens is 1. The highest BCUT2D eigenvalue weighted by Gasteiger charge is 2.12. The summed E-state index contributed by atoms with van der Waals surface area (Å²) in [6.45, 7) is 4.84. The molecule has 1 aromatic carbocycles. The normalized spacial score (nSPS) is 10.4. The number of aromatic amines is 1. The lowest BCUT2D eigenvalue weighted by Gasteiger charge is -2.25. The van der Waals surface area contributed by atoms with Crippen LogP contribution < -0.4 is 4.90 Å². The molecule has 0 radical (unpaired) electrons. The summed E-state index contributed by atoms with van der Waals surface area (Å²) in [4.78, 5) is 17.2. The number of hydrogen-bond acceptors (Lipinski definition) is 6. The van der Waals surface area contributed by atoms with Crippen LogP contribution in [0.25, 0.3) is 11.0 Å². The van der Waals surface area contributed by atoms with Gasteiger partial charge in [-0.15, -0.1) is 37.2 Å². The van der Waals surface area contributed by atoms with E-state index in [1.807, 2.05) is 42.6 Å². The Balaban J connectivity index is 0.00000181. The molecule has 0 bridgehead atoms. The van der Waals surface area contributed by atoms with Gasteiger partial charge in [-0.05, 0) is 49.9 Å². The van der Waals surface area contributed by atoms with Crippen LogP contribution in [0.2, 0.25) is 0 Å². The van der Waals surface area contributed by atoms with E-state index in [1.165, 1.54) is 11.3 Å². The summed E-state index contributed by atoms with van der Waals surface area (Å²) in [5, 5.41) is 0.927. The van der Waals surface area contributed by atoms with E-state index in [0.29, 0.717) is 0 Å². The number of benzene rings is 1. The Bertz CT molecular complexity index is 1070. The lowest BCUT2D eigenvalue weighted by atomic mass is 10.2. The van der Waals surface area contributed by atoms with Crippen molar-refractivity contribution >= 4 is 65.7 Å². The summed E-state index contributed by atoms with van der Waals surface area (Å²) in [5.41, 5.74) is 5.59. The number of aromatic nitrogens is 3. The van der Waals surface area contributed by atoms with E-state index in [4.69, 9.17) is 4.42 Å². The van der Waals surface area contributed by atoms with Crippen LogP contribution in [-0.2, 0) is 12.3 Å². The number of thioether (sulfide) groups is 1. The largest absolute Gasteiger partial charge is 0.468 e. The molecule has 0 saturated carbocycles. The van der Waals surface area contributed by atoms with Crippen LogP contribution in [0.4, 0.5) is 5.69 Å². The van der Waals surface area contributed by atoms with Crippen molar-refractivity contribution < 1.29 is 4.42 Å². The molecular weight excluding hydrogens is 501 g/mol. The fourth-order valence-electron chi connectivity index (χ4n) is 3.45. The van der Waals surface area contributed by atoms with Gasteiger partial charge in [-0.25, -0.2) is 4.98 Å². The Morgan fingerprint density at radius 2 is 1.79 bits per heavy atom. The van der Waals surface area contributed by atoms with E-state index in [9.17, 15) is 0 Å². The van der Waals surface area contributed by atoms with Crippen LogP contribution in [0.5, 0.6) is 0 Å². The van der Waals surface area contributed by atoms with Crippen molar-refractivity contribution in [2.75, 3.05) is 32.1 Å². The van der Waals surface area contributed by atoms with Crippen LogP contribution in [0.1, 0.15) is 17.0 Å². The first-order valence-electron chi connectivity index (χ1n) is 10.0. The van der Waals surface area contributed by atoms with Gasteiger partial charge in [0.15, 0.2) is 5.16 Å². The summed E-state index contributed by atoms with van der Waals surface area (Å²) < 4.78 is 5.44. The molecule has 3 aromatic heterocycles. The maximum Gasteiger partial charge on any atom is 0.166 e. The molecule has 0 aliphatic heterocycles. The molecule has 0 atom stereocenters. The molecule has 4 aromatic rings. The van der Waals surface area contributed by atoms with Crippen LogP contribution in [0.15, 0.2) is 64.5 Å². The van der Waals surface area contributed by atoms with E-state index < -0.39 is 0 Å². The summed E-state index contributed by atoms with van der Waals surface area (Å²) in [7, 11) is 4.25. The number of anilines is 1. The van der Waals surface area contributed by atoms with Gasteiger partial charge >= 0.3 is 0 Å². The van der Waals surface area contributed by atoms with Crippen LogP contribution >= 0.6 is 49.0 Å². The molecule has 0 unspecified atom stereocenters. The predicted octanol–water partition coefficient (Wildman–Crippen LogP) is 5.99. The van der Waals surface area contributed by atoms with Crippen molar-refractivity contribution in [2.24, 2.45) is 0 Å². The highest BCUT2D eigenvalue weighted by molar-refractivity contribution is 7.98. The Hall–Kier alpha value is -1.90. The van der Waals surface area contributed by atoms with E-state index in [0.717, 1.165) is 53.0 Å². The fraction of sp³-hybridized carbons (Fsp3) is 0.304. The first-order valence-corrected chi connectivity index (χ1v) is 11.0. The Morgan fingerprint density at radius 3 is 2.52 bits per heavy atom. The smallest absolute Gasteiger partial charge is 0.166 e. The fourth-order valence-corrected chi connectivity index (χ4v) is 4.36. The number of para-hydroxylation sites is 2. The van der Waals surface area contributed by atoms with E-state index in [-0.39, 0.29) is 37.2 Å². The minimum Gasteiger partial charge on any atom is -0.468 e. The maximum atomic E-state index is 5.44. The molecule has 0 saturated heterocycles. The van der Waals surface area contributed by atoms with Gasteiger partial charge in [0.1, 0.15) is 5.76 Å². The topological polar surface area (TPSA) is 61.2 Å². The number of nitrogens with zero attached hydrogens (tertiary/aromatic N) is 4. The maximum absolute atomic E-state index is 5.44. The molecule has 1 N–H and O–H groups in total. The minimum absolute atomic E-state index is 0. The van der Waals surface area contributed by atoms with Crippen molar-refractivity contribution in [3.05, 3.63) is 71.9 Å². The van der Waals surface area contributed by atoms with Crippen LogP contribution in [0, 0.1) is 6.92 Å². The number of fused-ring (bicyclic) bond motifs is 1. The number of rotatable bonds is 9. The third-order valence-electron chi connectivity index (χ3n) is 5.23. The number of imidazole rings is 1. The van der Waals surface area contributed by atoms with Gasteiger partial charge in [0.2, 0.25) is 0 Å². The monoisotopic (exact) mass is 529 g/mol. The summed E-state index contributed by atoms with van der Waals surface area (Å²) in [6, 6.07) is 14.1. The Kier molecular flexibility index (Phi) is 12.1. The Morgan fingerprint density at radius 1 is 1.00 bits per heavy atom. The first-order chi connectivity index (χ1) is 14.6. The second-order valence-corrected chi connectivity index (χ2v) is 8.45. The van der Waals surface area contributed by atoms with Gasteiger partial charge in [-0.2, -0.15) is 0 Å². The second-order valence-electron chi connectivity index (χ2n) is 7.49. The van der Waals surface area contributed by atoms with Crippen LogP contribution in [0.3, 0.4) is 0 Å². The van der Waals surface area contributed by atoms with E-state index in [2.05, 4.69) is 51.8 Å². The second kappa shape index (κ2) is 13.7. The molecular formula is C23H30Cl3N5OS. The number of halogens is 3. The SMILES string of the molecule is Cc1c(N(C)CCN(C)Cc2ccco2)ccnc1CSc1nc2ccccc2[nH]1.Cl.Cl.Cl. The lowest BCUT2D eigenvalue weighted by molar-refractivity contribution is 0.301. The van der Waals surface area contributed by atoms with Gasteiger partial charge in [0, 0.05) is 37.8 Å². The van der Waals surface area contributed by atoms with Crippen molar-refractivity contribution in [3.63, 3.8) is 0 Å². The first kappa shape index (κ1) is 29.1. The van der Waals surface area contributed by atoms with Crippen LogP contribution in [-0.4, -0.2) is 47.0 Å². The summed E-state index contributed by atoms with van der Waals surface area (Å²) >= 11 is 1.69. The van der Waals surface area contributed by atoms with Crippen molar-refractivity contribution in [3.8, 4) is 0 Å². The quantitative estimate of drug-likeness (QED) is 0.268. The molecule has 0 spiro atoms. The number of likely N-dealkylation sites (N-methyl/N-ethyl adjacent to an activating group) is 2. The lowest BCUT2D eigenvalue weighted by Crippen LogP contribution is -2.31. The van der Waals surface area contributed by atoms with Crippen molar-refractivity contribution in [2.45, 2.75) is 24.4 Å². The average Bonchev–Trinajstić information content (AvgIpc) is 3.40. The zero-order valence-corrected chi connectivity index (χ0v) is 22.1. The molecule has 180 valence electrons. The zero-order chi connectivity index (χ0) is 20.9. The van der Waals surface area contributed by atoms with Gasteiger partial charge in [0.05, 0.1) is 29.5 Å². The average molecular weight is 531 g/mol. The molecule has 0 fully saturated rings. The molecule has 4 rings (SSSR count). The molecule has 0 aliphatic rings. The minimum atomic E-state index is 0. The molecule has 6 nitrogen and oxygen atoms in total. The van der Waals surface area contributed by atoms with E-state index >= 15 is 0 Å². The van der Waals surface area contributed by atoms with Gasteiger partial charge in [0.25, 0.3) is 0 Å². The Labute approximate surface area is 217 Å². The molecule has 33 heavy (non-hydrogen) atoms. The third kappa shape index (κ3) is 7.55. The summed E-state index contributed by atoms with van der Waals surface area (Å²) in [6.07, 6.45) is 3.63. The summed E-state index contributed by atoms with van der Waals surface area (Å²) in [5.74, 6) is 1.77. The highest BCUT2D eigenvalue weighted by atomic mass is 35.5. The molecule has 0 aliphatic carbocycles. The highest BCUT2D eigenvalue weighted by Crippen LogP contribution is 2.27.